The molecular weight excluding hydrogens is 384 g/mol. The van der Waals surface area contributed by atoms with E-state index < -0.39 is 18.5 Å². The quantitative estimate of drug-likeness (QED) is 0.479. The van der Waals surface area contributed by atoms with E-state index in [1.54, 1.807) is 43.6 Å². The molecule has 2 N–H and O–H groups in total. The van der Waals surface area contributed by atoms with E-state index in [0.717, 1.165) is 11.3 Å². The normalized spacial score (nSPS) is 10.6. The van der Waals surface area contributed by atoms with Crippen molar-refractivity contribution >= 4 is 28.6 Å². The van der Waals surface area contributed by atoms with Gasteiger partial charge in [-0.15, -0.1) is 0 Å². The van der Waals surface area contributed by atoms with Gasteiger partial charge in [0.25, 0.3) is 5.91 Å². The summed E-state index contributed by atoms with van der Waals surface area (Å²) in [6.45, 7) is -0.397. The summed E-state index contributed by atoms with van der Waals surface area (Å²) >= 11 is 0. The Balaban J connectivity index is 1.43. The lowest BCUT2D eigenvalue weighted by Crippen LogP contribution is -2.20. The zero-order chi connectivity index (χ0) is 20.9. The van der Waals surface area contributed by atoms with Crippen LogP contribution in [0.15, 0.2) is 67.0 Å². The molecule has 1 amide bonds. The van der Waals surface area contributed by atoms with Crippen molar-refractivity contribution in [2.45, 2.75) is 0 Å². The molecule has 0 aliphatic carbocycles. The number of nitrogens with one attached hydrogen (secondary N) is 2. The Kier molecular flexibility index (Phi) is 5.38. The molecule has 4 aromatic rings. The van der Waals surface area contributed by atoms with Crippen molar-refractivity contribution in [1.82, 2.24) is 15.0 Å². The number of hydrogen-bond acceptors (Lipinski definition) is 6. The fraction of sp³-hybridized carbons (Fsp3) is 0.0909. The molecule has 8 nitrogen and oxygen atoms in total. The summed E-state index contributed by atoms with van der Waals surface area (Å²) in [5, 5.41) is 2.60. The molecule has 0 aliphatic rings. The fourth-order valence-corrected chi connectivity index (χ4v) is 2.87. The maximum absolute atomic E-state index is 12.3. The van der Waals surface area contributed by atoms with Crippen LogP contribution in [0.1, 0.15) is 10.4 Å². The van der Waals surface area contributed by atoms with E-state index in [9.17, 15) is 9.59 Å². The monoisotopic (exact) mass is 402 g/mol. The van der Waals surface area contributed by atoms with Crippen molar-refractivity contribution in [3.8, 4) is 17.1 Å². The third-order valence-corrected chi connectivity index (χ3v) is 4.36. The average molecular weight is 402 g/mol. The summed E-state index contributed by atoms with van der Waals surface area (Å²) in [7, 11) is 1.61. The number of anilines is 1. The van der Waals surface area contributed by atoms with Crippen molar-refractivity contribution in [3.05, 3.63) is 72.6 Å². The Bertz CT molecular complexity index is 1190. The van der Waals surface area contributed by atoms with E-state index in [1.807, 2.05) is 24.3 Å². The van der Waals surface area contributed by atoms with Crippen LogP contribution in [0, 0.1) is 0 Å². The second kappa shape index (κ2) is 8.44. The van der Waals surface area contributed by atoms with E-state index in [4.69, 9.17) is 9.47 Å². The highest BCUT2D eigenvalue weighted by atomic mass is 16.5. The number of methoxy groups -OCH3 is 1. The zero-order valence-electron chi connectivity index (χ0n) is 16.1. The van der Waals surface area contributed by atoms with E-state index in [2.05, 4.69) is 20.3 Å². The molecule has 0 bridgehead atoms. The highest BCUT2D eigenvalue weighted by molar-refractivity contribution is 5.97. The Hall–Kier alpha value is -4.20. The van der Waals surface area contributed by atoms with Gasteiger partial charge >= 0.3 is 5.97 Å². The van der Waals surface area contributed by atoms with Crippen molar-refractivity contribution < 1.29 is 19.1 Å². The molecule has 0 aliphatic heterocycles. The number of imidazole rings is 1. The topological polar surface area (TPSA) is 106 Å². The summed E-state index contributed by atoms with van der Waals surface area (Å²) in [4.78, 5) is 35.9. The molecule has 0 saturated carbocycles. The van der Waals surface area contributed by atoms with Gasteiger partial charge in [0.1, 0.15) is 11.6 Å². The standard InChI is InChI=1S/C22H18N4O4/c1-29-17-7-4-14(5-8-17)21-25-18-9-6-15(11-19(18)26-21)22(28)30-13-20(27)24-16-3-2-10-23-12-16/h2-12H,13H2,1H3,(H,24,27)(H,25,26). The molecule has 0 atom stereocenters. The number of H-pyrrole nitrogens is 1. The van der Waals surface area contributed by atoms with Gasteiger partial charge in [0.05, 0.1) is 35.6 Å². The number of amides is 1. The predicted octanol–water partition coefficient (Wildman–Crippen LogP) is 3.43. The highest BCUT2D eigenvalue weighted by Crippen LogP contribution is 2.23. The molecule has 0 unspecified atom stereocenters. The Morgan fingerprint density at radius 1 is 1.10 bits per heavy atom. The van der Waals surface area contributed by atoms with Gasteiger partial charge in [-0.1, -0.05) is 0 Å². The summed E-state index contributed by atoms with van der Waals surface area (Å²) < 4.78 is 10.3. The van der Waals surface area contributed by atoms with Crippen LogP contribution >= 0.6 is 0 Å². The van der Waals surface area contributed by atoms with E-state index in [0.29, 0.717) is 28.1 Å². The first kappa shape index (κ1) is 19.1. The summed E-state index contributed by atoms with van der Waals surface area (Å²) in [5.74, 6) is 0.390. The maximum atomic E-state index is 12.3. The van der Waals surface area contributed by atoms with E-state index in [-0.39, 0.29) is 0 Å². The minimum atomic E-state index is -0.598. The predicted molar refractivity (Wildman–Crippen MR) is 111 cm³/mol. The van der Waals surface area contributed by atoms with Gasteiger partial charge in [0.15, 0.2) is 6.61 Å². The number of aromatic nitrogens is 3. The lowest BCUT2D eigenvalue weighted by atomic mass is 10.2. The van der Waals surface area contributed by atoms with Crippen LogP contribution in [0.5, 0.6) is 5.75 Å². The zero-order valence-corrected chi connectivity index (χ0v) is 16.1. The fourth-order valence-electron chi connectivity index (χ4n) is 2.87. The number of esters is 1. The van der Waals surface area contributed by atoms with Gasteiger partial charge in [0, 0.05) is 11.8 Å². The van der Waals surface area contributed by atoms with E-state index >= 15 is 0 Å². The largest absolute Gasteiger partial charge is 0.497 e. The number of fused-ring (bicyclic) bond motifs is 1. The van der Waals surface area contributed by atoms with Gasteiger partial charge < -0.3 is 19.8 Å². The number of pyridine rings is 1. The number of hydrogen-bond donors (Lipinski definition) is 2. The summed E-state index contributed by atoms with van der Waals surface area (Å²) in [6, 6.07) is 15.9. The van der Waals surface area contributed by atoms with Crippen molar-refractivity contribution in [3.63, 3.8) is 0 Å². The second-order valence-corrected chi connectivity index (χ2v) is 6.41. The van der Waals surface area contributed by atoms with E-state index in [1.165, 1.54) is 6.20 Å². The maximum Gasteiger partial charge on any atom is 0.338 e. The van der Waals surface area contributed by atoms with Crippen molar-refractivity contribution in [2.24, 2.45) is 0 Å². The number of rotatable bonds is 6. The number of ether oxygens (including phenoxy) is 2. The molecular formula is C22H18N4O4. The third-order valence-electron chi connectivity index (χ3n) is 4.36. The van der Waals surface area contributed by atoms with Gasteiger partial charge in [-0.05, 0) is 54.6 Å². The Morgan fingerprint density at radius 2 is 1.93 bits per heavy atom. The van der Waals surface area contributed by atoms with Crippen LogP contribution in [0.25, 0.3) is 22.4 Å². The van der Waals surface area contributed by atoms with Crippen LogP contribution in [-0.2, 0) is 9.53 Å². The lowest BCUT2D eigenvalue weighted by molar-refractivity contribution is -0.119. The minimum absolute atomic E-state index is 0.321. The number of carbonyl (C=O) groups is 2. The molecule has 2 aromatic heterocycles. The molecule has 2 aromatic carbocycles. The molecule has 8 heteroatoms. The van der Waals surface area contributed by atoms with Crippen LogP contribution in [0.2, 0.25) is 0 Å². The van der Waals surface area contributed by atoms with Gasteiger partial charge in [-0.3, -0.25) is 9.78 Å². The summed E-state index contributed by atoms with van der Waals surface area (Å²) in [5.41, 5.74) is 3.15. The van der Waals surface area contributed by atoms with Crippen molar-refractivity contribution in [2.75, 3.05) is 19.0 Å². The van der Waals surface area contributed by atoms with Crippen molar-refractivity contribution in [1.29, 1.82) is 0 Å². The van der Waals surface area contributed by atoms with Gasteiger partial charge in [-0.2, -0.15) is 0 Å². The molecule has 0 radical (unpaired) electrons. The number of carbonyl (C=O) groups excluding carboxylic acids is 2. The van der Waals surface area contributed by atoms with Gasteiger partial charge in [0.2, 0.25) is 0 Å². The molecule has 2 heterocycles. The molecule has 0 fully saturated rings. The first-order valence-corrected chi connectivity index (χ1v) is 9.13. The Morgan fingerprint density at radius 3 is 2.67 bits per heavy atom. The first-order valence-electron chi connectivity index (χ1n) is 9.13. The highest BCUT2D eigenvalue weighted by Gasteiger charge is 2.13. The smallest absolute Gasteiger partial charge is 0.338 e. The van der Waals surface area contributed by atoms with Crippen LogP contribution in [-0.4, -0.2) is 40.5 Å². The SMILES string of the molecule is COc1ccc(-c2nc3ccc(C(=O)OCC(=O)Nc4cccnc4)cc3[nH]2)cc1. The molecule has 150 valence electrons. The molecule has 30 heavy (non-hydrogen) atoms. The van der Waals surface area contributed by atoms with Crippen LogP contribution in [0.3, 0.4) is 0 Å². The van der Waals surface area contributed by atoms with Crippen LogP contribution in [0.4, 0.5) is 5.69 Å². The van der Waals surface area contributed by atoms with Gasteiger partial charge in [-0.25, -0.2) is 9.78 Å². The lowest BCUT2D eigenvalue weighted by Gasteiger charge is -2.06. The first-order chi connectivity index (χ1) is 14.6. The third kappa shape index (κ3) is 4.27. The number of nitrogens with zero attached hydrogens (tertiary/aromatic N) is 2. The molecule has 4 rings (SSSR count). The second-order valence-electron chi connectivity index (χ2n) is 6.41. The minimum Gasteiger partial charge on any atom is -0.497 e. The Labute approximate surface area is 171 Å². The number of benzene rings is 2. The summed E-state index contributed by atoms with van der Waals surface area (Å²) in [6.07, 6.45) is 3.10. The van der Waals surface area contributed by atoms with Crippen LogP contribution < -0.4 is 10.1 Å². The molecule has 0 saturated heterocycles. The number of aromatic amines is 1. The average Bonchev–Trinajstić information content (AvgIpc) is 3.21. The molecule has 0 spiro atoms.